The van der Waals surface area contributed by atoms with Crippen LogP contribution in [0.4, 0.5) is 5.69 Å². The predicted octanol–water partition coefficient (Wildman–Crippen LogP) is 1.23. The summed E-state index contributed by atoms with van der Waals surface area (Å²) in [6.45, 7) is 3.48. The highest BCUT2D eigenvalue weighted by Gasteiger charge is 2.34. The van der Waals surface area contributed by atoms with Gasteiger partial charge in [-0.05, 0) is 44.2 Å². The largest absolute Gasteiger partial charge is 0.329 e. The SMILES string of the molecule is Cc1cc(S(=O)(=O)NC(CN)C2CC2)cc([N+](=O)[O-])c1C. The topological polar surface area (TPSA) is 115 Å². The van der Waals surface area contributed by atoms with Gasteiger partial charge in [0.25, 0.3) is 5.69 Å². The summed E-state index contributed by atoms with van der Waals surface area (Å²) in [6.07, 6.45) is 1.91. The van der Waals surface area contributed by atoms with E-state index in [9.17, 15) is 18.5 Å². The lowest BCUT2D eigenvalue weighted by Gasteiger charge is -2.16. The monoisotopic (exact) mass is 313 g/mol. The van der Waals surface area contributed by atoms with Crippen LogP contribution in [0.25, 0.3) is 0 Å². The van der Waals surface area contributed by atoms with Crippen molar-refractivity contribution in [1.82, 2.24) is 4.72 Å². The van der Waals surface area contributed by atoms with Gasteiger partial charge in [0.1, 0.15) is 0 Å². The van der Waals surface area contributed by atoms with Crippen molar-refractivity contribution >= 4 is 15.7 Å². The number of nitro benzene ring substituents is 1. The van der Waals surface area contributed by atoms with Crippen LogP contribution in [0.2, 0.25) is 0 Å². The highest BCUT2D eigenvalue weighted by molar-refractivity contribution is 7.89. The second-order valence-electron chi connectivity index (χ2n) is 5.44. The lowest BCUT2D eigenvalue weighted by Crippen LogP contribution is -2.41. The first kappa shape index (κ1) is 15.9. The molecule has 2 rings (SSSR count). The van der Waals surface area contributed by atoms with Gasteiger partial charge in [-0.25, -0.2) is 13.1 Å². The van der Waals surface area contributed by atoms with Gasteiger partial charge in [0.15, 0.2) is 0 Å². The minimum Gasteiger partial charge on any atom is -0.329 e. The van der Waals surface area contributed by atoms with Crippen LogP contribution in [-0.4, -0.2) is 25.9 Å². The van der Waals surface area contributed by atoms with E-state index in [1.54, 1.807) is 13.8 Å². The maximum Gasteiger partial charge on any atom is 0.273 e. The van der Waals surface area contributed by atoms with Gasteiger partial charge in [0.05, 0.1) is 9.82 Å². The Labute approximate surface area is 123 Å². The molecular formula is C13H19N3O4S. The van der Waals surface area contributed by atoms with Gasteiger partial charge in [-0.3, -0.25) is 10.1 Å². The lowest BCUT2D eigenvalue weighted by molar-refractivity contribution is -0.385. The molecule has 116 valence electrons. The number of hydrogen-bond donors (Lipinski definition) is 2. The Hall–Kier alpha value is -1.51. The fourth-order valence-corrected chi connectivity index (χ4v) is 3.68. The predicted molar refractivity (Wildman–Crippen MR) is 78.5 cm³/mol. The first-order valence-electron chi connectivity index (χ1n) is 6.74. The van der Waals surface area contributed by atoms with Crippen LogP contribution < -0.4 is 10.5 Å². The highest BCUT2D eigenvalue weighted by atomic mass is 32.2. The van der Waals surface area contributed by atoms with Crippen LogP contribution in [0.1, 0.15) is 24.0 Å². The molecule has 21 heavy (non-hydrogen) atoms. The fraction of sp³-hybridized carbons (Fsp3) is 0.538. The van der Waals surface area contributed by atoms with Crippen molar-refractivity contribution in [2.24, 2.45) is 11.7 Å². The van der Waals surface area contributed by atoms with E-state index in [1.165, 1.54) is 6.07 Å². The molecule has 0 amide bonds. The second kappa shape index (κ2) is 5.70. The maximum atomic E-state index is 12.4. The van der Waals surface area contributed by atoms with Crippen molar-refractivity contribution in [1.29, 1.82) is 0 Å². The minimum absolute atomic E-state index is 0.0867. The molecule has 7 nitrogen and oxygen atoms in total. The third-order valence-electron chi connectivity index (χ3n) is 3.87. The Bertz CT molecular complexity index is 668. The number of aryl methyl sites for hydroxylation is 1. The first-order valence-corrected chi connectivity index (χ1v) is 8.22. The van der Waals surface area contributed by atoms with Crippen molar-refractivity contribution in [3.63, 3.8) is 0 Å². The normalized spacial score (nSPS) is 16.7. The van der Waals surface area contributed by atoms with Gasteiger partial charge in [0.2, 0.25) is 10.0 Å². The molecule has 1 unspecified atom stereocenters. The lowest BCUT2D eigenvalue weighted by atomic mass is 10.1. The molecular weight excluding hydrogens is 294 g/mol. The quantitative estimate of drug-likeness (QED) is 0.605. The molecule has 0 aliphatic heterocycles. The Balaban J connectivity index is 2.37. The zero-order valence-corrected chi connectivity index (χ0v) is 12.8. The van der Waals surface area contributed by atoms with E-state index in [1.807, 2.05) is 0 Å². The van der Waals surface area contributed by atoms with Gasteiger partial charge in [-0.2, -0.15) is 0 Å². The number of hydrogen-bond acceptors (Lipinski definition) is 5. The number of nitrogens with one attached hydrogen (secondary N) is 1. The van der Waals surface area contributed by atoms with Crippen molar-refractivity contribution in [2.75, 3.05) is 6.54 Å². The van der Waals surface area contributed by atoms with E-state index in [-0.39, 0.29) is 29.1 Å². The van der Waals surface area contributed by atoms with Crippen LogP contribution in [0, 0.1) is 29.9 Å². The third kappa shape index (κ3) is 3.39. The summed E-state index contributed by atoms with van der Waals surface area (Å²) in [5.41, 5.74) is 6.45. The van der Waals surface area contributed by atoms with E-state index in [4.69, 9.17) is 5.73 Å². The van der Waals surface area contributed by atoms with Crippen molar-refractivity contribution in [2.45, 2.75) is 37.6 Å². The van der Waals surface area contributed by atoms with Gasteiger partial charge < -0.3 is 5.73 Å². The summed E-state index contributed by atoms with van der Waals surface area (Å²) < 4.78 is 27.3. The molecule has 1 atom stereocenters. The molecule has 0 saturated heterocycles. The van der Waals surface area contributed by atoms with Gasteiger partial charge >= 0.3 is 0 Å². The fourth-order valence-electron chi connectivity index (χ4n) is 2.26. The highest BCUT2D eigenvalue weighted by Crippen LogP contribution is 2.33. The molecule has 1 fully saturated rings. The van der Waals surface area contributed by atoms with Crippen LogP contribution in [-0.2, 0) is 10.0 Å². The van der Waals surface area contributed by atoms with Crippen molar-refractivity contribution in [3.05, 3.63) is 33.4 Å². The standard InChI is InChI=1S/C13H19N3O4S/c1-8-5-11(6-13(9(8)2)16(17)18)21(19,20)15-12(7-14)10-3-4-10/h5-6,10,12,15H,3-4,7,14H2,1-2H3. The first-order chi connectivity index (χ1) is 9.76. The number of rotatable bonds is 6. The van der Waals surface area contributed by atoms with Crippen LogP contribution >= 0.6 is 0 Å². The summed E-state index contributed by atoms with van der Waals surface area (Å²) in [5.74, 6) is 0.270. The third-order valence-corrected chi connectivity index (χ3v) is 5.34. The second-order valence-corrected chi connectivity index (χ2v) is 7.16. The molecule has 1 aliphatic rings. The number of benzene rings is 1. The van der Waals surface area contributed by atoms with Gasteiger partial charge in [0, 0.05) is 24.2 Å². The number of sulfonamides is 1. The molecule has 8 heteroatoms. The summed E-state index contributed by atoms with van der Waals surface area (Å²) in [5, 5.41) is 11.0. The van der Waals surface area contributed by atoms with E-state index in [0.717, 1.165) is 18.9 Å². The van der Waals surface area contributed by atoms with E-state index < -0.39 is 14.9 Å². The van der Waals surface area contributed by atoms with Crippen molar-refractivity contribution < 1.29 is 13.3 Å². The van der Waals surface area contributed by atoms with Gasteiger partial charge in [-0.1, -0.05) is 0 Å². The number of nitro groups is 1. The zero-order valence-electron chi connectivity index (χ0n) is 12.0. The van der Waals surface area contributed by atoms with Crippen LogP contribution in [0.3, 0.4) is 0 Å². The Morgan fingerprint density at radius 2 is 2.05 bits per heavy atom. The summed E-state index contributed by atoms with van der Waals surface area (Å²) in [6, 6.07) is 2.24. The number of nitrogens with two attached hydrogens (primary N) is 1. The average molecular weight is 313 g/mol. The average Bonchev–Trinajstić information content (AvgIpc) is 3.22. The van der Waals surface area contributed by atoms with Gasteiger partial charge in [-0.15, -0.1) is 0 Å². The summed E-state index contributed by atoms with van der Waals surface area (Å²) in [4.78, 5) is 10.4. The van der Waals surface area contributed by atoms with E-state index in [0.29, 0.717) is 11.1 Å². The molecule has 1 aliphatic carbocycles. The molecule has 1 saturated carbocycles. The molecule has 0 spiro atoms. The van der Waals surface area contributed by atoms with Crippen molar-refractivity contribution in [3.8, 4) is 0 Å². The Morgan fingerprint density at radius 1 is 1.43 bits per heavy atom. The zero-order chi connectivity index (χ0) is 15.8. The molecule has 1 aromatic rings. The molecule has 0 radical (unpaired) electrons. The molecule has 1 aromatic carbocycles. The Kier molecular flexibility index (Phi) is 4.31. The summed E-state index contributed by atoms with van der Waals surface area (Å²) in [7, 11) is -3.81. The molecule has 3 N–H and O–H groups in total. The Morgan fingerprint density at radius 3 is 2.52 bits per heavy atom. The maximum absolute atomic E-state index is 12.4. The minimum atomic E-state index is -3.81. The number of nitrogens with zero attached hydrogens (tertiary/aromatic N) is 1. The summed E-state index contributed by atoms with van der Waals surface area (Å²) >= 11 is 0. The van der Waals surface area contributed by atoms with E-state index >= 15 is 0 Å². The van der Waals surface area contributed by atoms with Crippen LogP contribution in [0.5, 0.6) is 0 Å². The smallest absolute Gasteiger partial charge is 0.273 e. The van der Waals surface area contributed by atoms with E-state index in [2.05, 4.69) is 4.72 Å². The molecule has 0 aromatic heterocycles. The molecule has 0 heterocycles. The molecule has 0 bridgehead atoms. The van der Waals surface area contributed by atoms with Crippen LogP contribution in [0.15, 0.2) is 17.0 Å².